The van der Waals surface area contributed by atoms with Gasteiger partial charge in [-0.1, -0.05) is 6.08 Å². The molecule has 7 N–H and O–H groups in total. The Bertz CT molecular complexity index is 1100. The van der Waals surface area contributed by atoms with Crippen molar-refractivity contribution in [2.24, 2.45) is 0 Å². The van der Waals surface area contributed by atoms with E-state index < -0.39 is 46.8 Å². The van der Waals surface area contributed by atoms with Crippen LogP contribution in [-0.4, -0.2) is 87.4 Å². The van der Waals surface area contributed by atoms with Gasteiger partial charge in [0.15, 0.2) is 23.2 Å². The van der Waals surface area contributed by atoms with Crippen molar-refractivity contribution in [2.75, 3.05) is 25.1 Å². The third-order valence-corrected chi connectivity index (χ3v) is 5.51. The Morgan fingerprint density at radius 3 is 2.52 bits per heavy atom. The second-order valence-electron chi connectivity index (χ2n) is 7.07. The van der Waals surface area contributed by atoms with Gasteiger partial charge in [-0.3, -0.25) is 13.6 Å². The molecule has 0 aliphatic carbocycles. The van der Waals surface area contributed by atoms with Crippen molar-refractivity contribution in [1.82, 2.24) is 19.5 Å². The minimum absolute atomic E-state index is 0.221. The summed E-state index contributed by atoms with van der Waals surface area (Å²) in [5.41, 5.74) is 1.10. The third-order valence-electron chi connectivity index (χ3n) is 4.56. The number of nitrogens with zero attached hydrogens (tertiary/aromatic N) is 4. The third kappa shape index (κ3) is 6.85. The number of ether oxygens (including phenoxy) is 1. The summed E-state index contributed by atoms with van der Waals surface area (Å²) in [4.78, 5) is 47.5. The highest BCUT2D eigenvalue weighted by molar-refractivity contribution is 7.46. The van der Waals surface area contributed by atoms with Crippen molar-refractivity contribution in [3.63, 3.8) is 0 Å². The van der Waals surface area contributed by atoms with E-state index in [0.29, 0.717) is 16.9 Å². The number of nitrogens with one attached hydrogen (secondary N) is 1. The smallest absolute Gasteiger partial charge is 0.387 e. The first-order valence-corrected chi connectivity index (χ1v) is 12.4. The van der Waals surface area contributed by atoms with Gasteiger partial charge in [0, 0.05) is 6.54 Å². The Morgan fingerprint density at radius 1 is 1.15 bits per heavy atom. The summed E-state index contributed by atoms with van der Waals surface area (Å²) >= 11 is 0. The van der Waals surface area contributed by atoms with Crippen LogP contribution in [-0.2, 0) is 22.9 Å². The lowest BCUT2D eigenvalue weighted by molar-refractivity contribution is -0.0504. The van der Waals surface area contributed by atoms with Crippen molar-refractivity contribution in [3.05, 3.63) is 24.3 Å². The number of aliphatic hydroxyl groups is 2. The van der Waals surface area contributed by atoms with Crippen LogP contribution in [0.4, 0.5) is 5.82 Å². The molecule has 0 saturated carbocycles. The first kappa shape index (κ1) is 25.8. The molecular weight excluding hydrogens is 488 g/mol. The van der Waals surface area contributed by atoms with E-state index in [-0.39, 0.29) is 18.8 Å². The van der Waals surface area contributed by atoms with Gasteiger partial charge in [0.1, 0.15) is 24.6 Å². The number of hydrogen-bond acceptors (Lipinski definition) is 11. The molecule has 2 aromatic heterocycles. The van der Waals surface area contributed by atoms with Crippen LogP contribution < -0.4 is 5.32 Å². The van der Waals surface area contributed by atoms with Gasteiger partial charge < -0.3 is 39.8 Å². The number of rotatable bonds is 10. The van der Waals surface area contributed by atoms with Crippen LogP contribution in [0, 0.1) is 0 Å². The number of anilines is 1. The number of aromatic nitrogens is 4. The molecule has 0 spiro atoms. The van der Waals surface area contributed by atoms with Gasteiger partial charge in [0.05, 0.1) is 19.5 Å². The Labute approximate surface area is 186 Å². The van der Waals surface area contributed by atoms with E-state index in [2.05, 4.69) is 29.3 Å². The number of fused-ring (bicyclic) bond motifs is 1. The van der Waals surface area contributed by atoms with E-state index in [1.54, 1.807) is 13.0 Å². The molecule has 18 heteroatoms. The zero-order chi connectivity index (χ0) is 24.4. The Kier molecular flexibility index (Phi) is 7.99. The molecule has 16 nitrogen and oxygen atoms in total. The van der Waals surface area contributed by atoms with Gasteiger partial charge in [0.2, 0.25) is 0 Å². The summed E-state index contributed by atoms with van der Waals surface area (Å²) in [6.45, 7) is 0.938. The van der Waals surface area contributed by atoms with Crippen LogP contribution in [0.15, 0.2) is 24.3 Å². The standard InChI is InChI=1S/C15H23N5O11P2/c1-8(4-29-32(23,24)25)2-3-16-13-10-14(18-6-17-13)20(7-19-10)15-12(22)11(21)9(31-15)5-30-33(26,27)28/h2,6-7,9,11-12,15,21-22H,3-5H2,1H3,(H,16,17,18)(H2,23,24,25)(H2,26,27,28)/b8-2+/t9-,11-,12-,15-/m1/s1. The van der Waals surface area contributed by atoms with E-state index in [0.717, 1.165) is 0 Å². The fourth-order valence-corrected chi connectivity index (χ4v) is 3.71. The molecular formula is C15H23N5O11P2. The molecule has 0 bridgehead atoms. The quantitative estimate of drug-likeness (QED) is 0.150. The fraction of sp³-hybridized carbons (Fsp3) is 0.533. The van der Waals surface area contributed by atoms with Crippen LogP contribution >= 0.6 is 15.6 Å². The topological polar surface area (TPSA) is 239 Å². The average molecular weight is 511 g/mol. The van der Waals surface area contributed by atoms with Crippen molar-refractivity contribution in [2.45, 2.75) is 31.5 Å². The molecule has 0 amide bonds. The Hall–Kier alpha value is -1.81. The lowest BCUT2D eigenvalue weighted by Gasteiger charge is -2.16. The van der Waals surface area contributed by atoms with Gasteiger partial charge in [-0.25, -0.2) is 24.1 Å². The molecule has 1 saturated heterocycles. The zero-order valence-corrected chi connectivity index (χ0v) is 18.9. The molecule has 0 unspecified atom stereocenters. The number of hydrogen-bond donors (Lipinski definition) is 7. The first-order chi connectivity index (χ1) is 15.4. The molecule has 0 aromatic carbocycles. The summed E-state index contributed by atoms with van der Waals surface area (Å²) in [6, 6.07) is 0. The summed E-state index contributed by atoms with van der Waals surface area (Å²) in [5, 5.41) is 23.5. The highest BCUT2D eigenvalue weighted by Crippen LogP contribution is 2.39. The monoisotopic (exact) mass is 511 g/mol. The maximum absolute atomic E-state index is 10.9. The number of imidazole rings is 1. The van der Waals surface area contributed by atoms with Crippen LogP contribution in [0.25, 0.3) is 11.2 Å². The minimum Gasteiger partial charge on any atom is -0.387 e. The largest absolute Gasteiger partial charge is 0.469 e. The normalized spacial score (nSPS) is 24.5. The van der Waals surface area contributed by atoms with Crippen LogP contribution in [0.5, 0.6) is 0 Å². The molecule has 33 heavy (non-hydrogen) atoms. The molecule has 4 atom stereocenters. The maximum Gasteiger partial charge on any atom is 0.469 e. The number of aliphatic hydroxyl groups excluding tert-OH is 2. The summed E-state index contributed by atoms with van der Waals surface area (Å²) in [7, 11) is -9.36. The van der Waals surface area contributed by atoms with Crippen LogP contribution in [0.2, 0.25) is 0 Å². The van der Waals surface area contributed by atoms with Crippen molar-refractivity contribution >= 4 is 32.6 Å². The molecule has 3 rings (SSSR count). The molecule has 1 aliphatic rings. The number of phosphoric acid groups is 2. The Balaban J connectivity index is 1.71. The van der Waals surface area contributed by atoms with Gasteiger partial charge in [-0.05, 0) is 12.5 Å². The predicted octanol–water partition coefficient (Wildman–Crippen LogP) is -0.978. The predicted molar refractivity (Wildman–Crippen MR) is 109 cm³/mol. The Morgan fingerprint density at radius 2 is 1.85 bits per heavy atom. The van der Waals surface area contributed by atoms with Crippen molar-refractivity contribution in [1.29, 1.82) is 0 Å². The second kappa shape index (κ2) is 10.2. The minimum atomic E-state index is -4.79. The molecule has 1 aliphatic heterocycles. The summed E-state index contributed by atoms with van der Waals surface area (Å²) in [5.74, 6) is 0.313. The van der Waals surface area contributed by atoms with Gasteiger partial charge >= 0.3 is 15.6 Å². The average Bonchev–Trinajstić information content (AvgIpc) is 3.26. The van der Waals surface area contributed by atoms with Gasteiger partial charge in [-0.15, -0.1) is 0 Å². The van der Waals surface area contributed by atoms with Gasteiger partial charge in [-0.2, -0.15) is 0 Å². The van der Waals surface area contributed by atoms with Crippen molar-refractivity contribution in [3.8, 4) is 0 Å². The SMILES string of the molecule is C/C(=C\CNc1ncnc2c1ncn2[C@@H]1O[C@H](COP(=O)(O)O)[C@@H](O)[C@H]1O)COP(=O)(O)O. The van der Waals surface area contributed by atoms with E-state index in [1.807, 2.05) is 0 Å². The highest BCUT2D eigenvalue weighted by Gasteiger charge is 2.45. The fourth-order valence-electron chi connectivity index (χ4n) is 3.00. The number of phosphoric ester groups is 2. The second-order valence-corrected chi connectivity index (χ2v) is 9.55. The van der Waals surface area contributed by atoms with Crippen LogP contribution in [0.3, 0.4) is 0 Å². The van der Waals surface area contributed by atoms with Crippen molar-refractivity contribution < 1.29 is 52.7 Å². The van der Waals surface area contributed by atoms with E-state index >= 15 is 0 Å². The molecule has 184 valence electrons. The molecule has 3 heterocycles. The van der Waals surface area contributed by atoms with E-state index in [9.17, 15) is 19.3 Å². The van der Waals surface area contributed by atoms with E-state index in [4.69, 9.17) is 24.3 Å². The first-order valence-electron chi connectivity index (χ1n) is 9.34. The maximum atomic E-state index is 10.9. The van der Waals surface area contributed by atoms with Crippen LogP contribution in [0.1, 0.15) is 13.2 Å². The van der Waals surface area contributed by atoms with E-state index in [1.165, 1.54) is 17.2 Å². The lowest BCUT2D eigenvalue weighted by atomic mass is 10.1. The molecule has 2 aromatic rings. The molecule has 1 fully saturated rings. The highest BCUT2D eigenvalue weighted by atomic mass is 31.2. The van der Waals surface area contributed by atoms with Gasteiger partial charge in [0.25, 0.3) is 0 Å². The summed E-state index contributed by atoms with van der Waals surface area (Å²) < 4.78 is 37.3. The lowest BCUT2D eigenvalue weighted by Crippen LogP contribution is -2.33. The zero-order valence-electron chi connectivity index (χ0n) is 17.1. The molecule has 0 radical (unpaired) electrons. The summed E-state index contributed by atoms with van der Waals surface area (Å²) in [6.07, 6.45) is -1.16.